The maximum Gasteiger partial charge on any atom is 0.241 e. The van der Waals surface area contributed by atoms with Crippen LogP contribution in [0.5, 0.6) is 0 Å². The van der Waals surface area contributed by atoms with Gasteiger partial charge in [-0.25, -0.2) is 13.1 Å². The zero-order valence-electron chi connectivity index (χ0n) is 14.2. The highest BCUT2D eigenvalue weighted by Gasteiger charge is 2.33. The van der Waals surface area contributed by atoms with Crippen molar-refractivity contribution in [3.8, 4) is 0 Å². The molecular formula is C18H21ClN2O3S. The van der Waals surface area contributed by atoms with Crippen LogP contribution in [0.2, 0.25) is 5.02 Å². The summed E-state index contributed by atoms with van der Waals surface area (Å²) in [6, 6.07) is 6.93. The summed E-state index contributed by atoms with van der Waals surface area (Å²) in [5, 5.41) is 0.566. The van der Waals surface area contributed by atoms with E-state index in [2.05, 4.69) is 9.71 Å². The van der Waals surface area contributed by atoms with Gasteiger partial charge in [-0.1, -0.05) is 11.6 Å². The number of sulfonamides is 1. The molecular weight excluding hydrogens is 360 g/mol. The van der Waals surface area contributed by atoms with E-state index in [0.29, 0.717) is 23.8 Å². The standard InChI is InChI=1S/C18H21ClN2O3S/c1-12-8-18(13(2)7-16(12)19)25(22,23)21-17-11-24-10-15(17)9-14-3-5-20-6-4-14/h3-8,15,17,21H,9-11H2,1-2H3. The van der Waals surface area contributed by atoms with Gasteiger partial charge >= 0.3 is 0 Å². The number of hydrogen-bond acceptors (Lipinski definition) is 4. The highest BCUT2D eigenvalue weighted by molar-refractivity contribution is 7.89. The zero-order valence-corrected chi connectivity index (χ0v) is 15.8. The first-order valence-corrected chi connectivity index (χ1v) is 9.98. The predicted molar refractivity (Wildman–Crippen MR) is 97.3 cm³/mol. The quantitative estimate of drug-likeness (QED) is 0.866. The Hall–Kier alpha value is -1.47. The maximum atomic E-state index is 12.9. The molecule has 0 saturated carbocycles. The van der Waals surface area contributed by atoms with Crippen LogP contribution in [0.15, 0.2) is 41.6 Å². The molecule has 0 amide bonds. The number of nitrogens with one attached hydrogen (secondary N) is 1. The molecule has 1 fully saturated rings. The van der Waals surface area contributed by atoms with Gasteiger partial charge in [-0.05, 0) is 61.2 Å². The van der Waals surface area contributed by atoms with Crippen molar-refractivity contribution in [3.05, 3.63) is 58.4 Å². The van der Waals surface area contributed by atoms with Crippen LogP contribution in [0, 0.1) is 19.8 Å². The van der Waals surface area contributed by atoms with Crippen LogP contribution in [0.3, 0.4) is 0 Å². The van der Waals surface area contributed by atoms with Gasteiger partial charge in [0.2, 0.25) is 10.0 Å². The second kappa shape index (κ2) is 7.41. The number of halogens is 1. The number of pyridine rings is 1. The fraction of sp³-hybridized carbons (Fsp3) is 0.389. The third kappa shape index (κ3) is 4.20. The molecule has 2 aromatic rings. The van der Waals surface area contributed by atoms with Crippen molar-refractivity contribution in [3.63, 3.8) is 0 Å². The molecule has 134 valence electrons. The summed E-state index contributed by atoms with van der Waals surface area (Å²) in [5.74, 6) is 0.0888. The minimum Gasteiger partial charge on any atom is -0.379 e. The van der Waals surface area contributed by atoms with Crippen molar-refractivity contribution in [2.75, 3.05) is 13.2 Å². The monoisotopic (exact) mass is 380 g/mol. The SMILES string of the molecule is Cc1cc(S(=O)(=O)NC2COCC2Cc2ccncc2)c(C)cc1Cl. The van der Waals surface area contributed by atoms with Gasteiger partial charge in [0.05, 0.1) is 24.2 Å². The fourth-order valence-corrected chi connectivity index (χ4v) is 4.88. The number of rotatable bonds is 5. The minimum atomic E-state index is -3.64. The number of aryl methyl sites for hydroxylation is 2. The zero-order chi connectivity index (χ0) is 18.0. The van der Waals surface area contributed by atoms with Crippen LogP contribution < -0.4 is 4.72 Å². The number of aromatic nitrogens is 1. The van der Waals surface area contributed by atoms with E-state index in [1.54, 1.807) is 38.4 Å². The molecule has 25 heavy (non-hydrogen) atoms. The highest BCUT2D eigenvalue weighted by atomic mass is 35.5. The number of ether oxygens (including phenoxy) is 1. The van der Waals surface area contributed by atoms with E-state index in [4.69, 9.17) is 16.3 Å². The van der Waals surface area contributed by atoms with Crippen molar-refractivity contribution in [1.29, 1.82) is 0 Å². The van der Waals surface area contributed by atoms with Gasteiger partial charge in [0, 0.05) is 23.3 Å². The highest BCUT2D eigenvalue weighted by Crippen LogP contribution is 2.26. The lowest BCUT2D eigenvalue weighted by Gasteiger charge is -2.20. The summed E-state index contributed by atoms with van der Waals surface area (Å²) in [4.78, 5) is 4.28. The van der Waals surface area contributed by atoms with E-state index in [9.17, 15) is 8.42 Å². The molecule has 1 aliphatic rings. The Morgan fingerprint density at radius 1 is 1.20 bits per heavy atom. The summed E-state index contributed by atoms with van der Waals surface area (Å²) < 4.78 is 34.1. The van der Waals surface area contributed by atoms with Crippen LogP contribution in [0.1, 0.15) is 16.7 Å². The Balaban J connectivity index is 1.79. The largest absolute Gasteiger partial charge is 0.379 e. The summed E-state index contributed by atoms with van der Waals surface area (Å²) >= 11 is 6.08. The van der Waals surface area contributed by atoms with Gasteiger partial charge in [0.1, 0.15) is 0 Å². The molecule has 1 aromatic carbocycles. The van der Waals surface area contributed by atoms with E-state index in [-0.39, 0.29) is 16.9 Å². The molecule has 2 atom stereocenters. The first kappa shape index (κ1) is 18.3. The Kier molecular flexibility index (Phi) is 5.43. The van der Waals surface area contributed by atoms with Crippen LogP contribution in [0.25, 0.3) is 0 Å². The molecule has 1 aromatic heterocycles. The second-order valence-electron chi connectivity index (χ2n) is 6.45. The topological polar surface area (TPSA) is 68.3 Å². The molecule has 2 unspecified atom stereocenters. The van der Waals surface area contributed by atoms with E-state index in [0.717, 1.165) is 17.5 Å². The lowest BCUT2D eigenvalue weighted by atomic mass is 9.96. The number of benzene rings is 1. The molecule has 1 N–H and O–H groups in total. The van der Waals surface area contributed by atoms with E-state index in [1.165, 1.54) is 0 Å². The number of nitrogens with zero attached hydrogens (tertiary/aromatic N) is 1. The van der Waals surface area contributed by atoms with Gasteiger partial charge in [-0.2, -0.15) is 0 Å². The third-order valence-corrected chi connectivity index (χ3v) is 6.54. The van der Waals surface area contributed by atoms with Crippen molar-refractivity contribution in [2.24, 2.45) is 5.92 Å². The van der Waals surface area contributed by atoms with E-state index < -0.39 is 10.0 Å². The van der Waals surface area contributed by atoms with E-state index >= 15 is 0 Å². The first-order valence-electron chi connectivity index (χ1n) is 8.12. The average Bonchev–Trinajstić information content (AvgIpc) is 2.98. The Bertz CT molecular complexity index is 856. The molecule has 1 aliphatic heterocycles. The molecule has 3 rings (SSSR count). The normalized spacial score (nSPS) is 20.8. The Labute approximate surface area is 153 Å². The van der Waals surface area contributed by atoms with Gasteiger partial charge in [-0.15, -0.1) is 0 Å². The predicted octanol–water partition coefficient (Wildman–Crippen LogP) is 2.89. The van der Waals surface area contributed by atoms with Crippen molar-refractivity contribution in [1.82, 2.24) is 9.71 Å². The Morgan fingerprint density at radius 3 is 2.64 bits per heavy atom. The molecule has 7 heteroatoms. The van der Waals surface area contributed by atoms with Gasteiger partial charge in [-0.3, -0.25) is 4.98 Å². The average molecular weight is 381 g/mol. The smallest absolute Gasteiger partial charge is 0.241 e. The number of hydrogen-bond donors (Lipinski definition) is 1. The molecule has 0 aliphatic carbocycles. The lowest BCUT2D eigenvalue weighted by Crippen LogP contribution is -2.40. The third-order valence-electron chi connectivity index (χ3n) is 4.50. The molecule has 0 bridgehead atoms. The summed E-state index contributed by atoms with van der Waals surface area (Å²) in [6.45, 7) is 4.46. The molecule has 5 nitrogen and oxygen atoms in total. The molecule has 2 heterocycles. The van der Waals surface area contributed by atoms with Gasteiger partial charge in [0.25, 0.3) is 0 Å². The maximum absolute atomic E-state index is 12.9. The van der Waals surface area contributed by atoms with Crippen LogP contribution in [0.4, 0.5) is 0 Å². The van der Waals surface area contributed by atoms with Crippen LogP contribution >= 0.6 is 11.6 Å². The second-order valence-corrected chi connectivity index (χ2v) is 8.54. The lowest BCUT2D eigenvalue weighted by molar-refractivity contribution is 0.183. The fourth-order valence-electron chi connectivity index (χ4n) is 3.06. The van der Waals surface area contributed by atoms with Crippen molar-refractivity contribution >= 4 is 21.6 Å². The van der Waals surface area contributed by atoms with Gasteiger partial charge < -0.3 is 4.74 Å². The van der Waals surface area contributed by atoms with Crippen molar-refractivity contribution < 1.29 is 13.2 Å². The Morgan fingerprint density at radius 2 is 1.92 bits per heavy atom. The van der Waals surface area contributed by atoms with Crippen LogP contribution in [-0.2, 0) is 21.2 Å². The van der Waals surface area contributed by atoms with Crippen LogP contribution in [-0.4, -0.2) is 32.7 Å². The van der Waals surface area contributed by atoms with Gasteiger partial charge in [0.15, 0.2) is 0 Å². The summed E-state index contributed by atoms with van der Waals surface area (Å²) in [5.41, 5.74) is 2.49. The summed E-state index contributed by atoms with van der Waals surface area (Å²) in [7, 11) is -3.64. The van der Waals surface area contributed by atoms with Crippen molar-refractivity contribution in [2.45, 2.75) is 31.2 Å². The molecule has 1 saturated heterocycles. The molecule has 0 spiro atoms. The molecule has 0 radical (unpaired) electrons. The summed E-state index contributed by atoms with van der Waals surface area (Å²) in [6.07, 6.45) is 4.22. The first-order chi connectivity index (χ1) is 11.9. The van der Waals surface area contributed by atoms with E-state index in [1.807, 2.05) is 12.1 Å². The minimum absolute atomic E-state index is 0.0888.